The van der Waals surface area contributed by atoms with Gasteiger partial charge in [-0.15, -0.1) is 0 Å². The first-order chi connectivity index (χ1) is 11.5. The summed E-state index contributed by atoms with van der Waals surface area (Å²) in [7, 11) is 0. The average molecular weight is 342 g/mol. The molecule has 0 atom stereocenters. The maximum absolute atomic E-state index is 9.20. The molecule has 2 aliphatic rings. The summed E-state index contributed by atoms with van der Waals surface area (Å²) in [6.45, 7) is 9.76. The molecule has 4 heteroatoms. The first kappa shape index (κ1) is 17.4. The van der Waals surface area contributed by atoms with E-state index in [4.69, 9.17) is 4.99 Å². The SMILES string of the molecule is Cc1c(C#N)ccc(N=C2SCC3(CCCC3)N2CC(C)C)c1C. The number of benzene rings is 1. The van der Waals surface area contributed by atoms with Crippen LogP contribution < -0.4 is 0 Å². The number of hydrogen-bond donors (Lipinski definition) is 0. The van der Waals surface area contributed by atoms with Crippen molar-refractivity contribution in [3.63, 3.8) is 0 Å². The number of nitrogens with zero attached hydrogens (tertiary/aromatic N) is 3. The lowest BCUT2D eigenvalue weighted by molar-refractivity contribution is 0.198. The Bertz CT molecular complexity index is 694. The maximum Gasteiger partial charge on any atom is 0.164 e. The summed E-state index contributed by atoms with van der Waals surface area (Å²) in [4.78, 5) is 7.64. The van der Waals surface area contributed by atoms with Gasteiger partial charge in [-0.3, -0.25) is 0 Å². The minimum absolute atomic E-state index is 0.337. The predicted molar refractivity (Wildman–Crippen MR) is 103 cm³/mol. The molecule has 128 valence electrons. The molecule has 1 aromatic rings. The molecule has 2 fully saturated rings. The van der Waals surface area contributed by atoms with Gasteiger partial charge in [0.2, 0.25) is 0 Å². The Hall–Kier alpha value is -1.47. The van der Waals surface area contributed by atoms with Crippen LogP contribution in [-0.2, 0) is 0 Å². The zero-order valence-electron chi connectivity index (χ0n) is 15.2. The lowest BCUT2D eigenvalue weighted by atomic mass is 9.97. The Balaban J connectivity index is 1.97. The van der Waals surface area contributed by atoms with Crippen molar-refractivity contribution in [1.82, 2.24) is 4.90 Å². The van der Waals surface area contributed by atoms with Crippen LogP contribution in [0.15, 0.2) is 17.1 Å². The van der Waals surface area contributed by atoms with Crippen molar-refractivity contribution in [3.8, 4) is 6.07 Å². The van der Waals surface area contributed by atoms with Crippen LogP contribution in [0.5, 0.6) is 0 Å². The number of thioether (sulfide) groups is 1. The van der Waals surface area contributed by atoms with Crippen LogP contribution in [0.25, 0.3) is 0 Å². The number of amidine groups is 1. The minimum atomic E-state index is 0.337. The molecule has 3 nitrogen and oxygen atoms in total. The van der Waals surface area contributed by atoms with Gasteiger partial charge >= 0.3 is 0 Å². The molecule has 3 rings (SSSR count). The van der Waals surface area contributed by atoms with Gasteiger partial charge in [-0.1, -0.05) is 38.5 Å². The van der Waals surface area contributed by atoms with Gasteiger partial charge in [0.25, 0.3) is 0 Å². The second kappa shape index (κ2) is 6.80. The fourth-order valence-electron chi connectivity index (χ4n) is 3.89. The van der Waals surface area contributed by atoms with Gasteiger partial charge in [0.05, 0.1) is 22.9 Å². The van der Waals surface area contributed by atoms with E-state index in [1.807, 2.05) is 30.8 Å². The zero-order valence-corrected chi connectivity index (χ0v) is 16.0. The molecule has 0 unspecified atom stereocenters. The molecule has 0 aromatic heterocycles. The number of aliphatic imine (C=N–C) groups is 1. The molecular formula is C20H27N3S. The Morgan fingerprint density at radius 1 is 1.25 bits per heavy atom. The summed E-state index contributed by atoms with van der Waals surface area (Å²) in [6.07, 6.45) is 5.29. The van der Waals surface area contributed by atoms with Crippen molar-refractivity contribution >= 4 is 22.6 Å². The number of nitriles is 1. The third kappa shape index (κ3) is 3.07. The standard InChI is InChI=1S/C20H27N3S/c1-14(2)12-23-19(24-13-20(23)9-5-6-10-20)22-18-8-7-17(11-21)15(3)16(18)4/h7-8,14H,5-6,9-10,12-13H2,1-4H3. The molecule has 0 radical (unpaired) electrons. The highest BCUT2D eigenvalue weighted by Crippen LogP contribution is 2.45. The van der Waals surface area contributed by atoms with Gasteiger partial charge < -0.3 is 4.90 Å². The van der Waals surface area contributed by atoms with E-state index in [2.05, 4.69) is 31.7 Å². The molecule has 1 spiro atoms. The molecule has 0 bridgehead atoms. The third-order valence-corrected chi connectivity index (χ3v) is 6.70. The normalized spacial score (nSPS) is 21.2. The fraction of sp³-hybridized carbons (Fsp3) is 0.600. The van der Waals surface area contributed by atoms with E-state index in [1.165, 1.54) is 36.6 Å². The first-order valence-electron chi connectivity index (χ1n) is 8.96. The average Bonchev–Trinajstić information content (AvgIpc) is 3.15. The van der Waals surface area contributed by atoms with Gasteiger partial charge in [-0.05, 0) is 55.9 Å². The van der Waals surface area contributed by atoms with Crippen molar-refractivity contribution in [2.24, 2.45) is 10.9 Å². The largest absolute Gasteiger partial charge is 0.344 e. The van der Waals surface area contributed by atoms with Crippen LogP contribution in [0.1, 0.15) is 56.2 Å². The van der Waals surface area contributed by atoms with Crippen molar-refractivity contribution in [1.29, 1.82) is 5.26 Å². The summed E-state index contributed by atoms with van der Waals surface area (Å²) < 4.78 is 0. The summed E-state index contributed by atoms with van der Waals surface area (Å²) in [5, 5.41) is 10.4. The molecule has 1 aromatic carbocycles. The molecule has 1 aliphatic carbocycles. The van der Waals surface area contributed by atoms with Gasteiger partial charge in [-0.25, -0.2) is 4.99 Å². The van der Waals surface area contributed by atoms with Gasteiger partial charge in [0, 0.05) is 12.3 Å². The molecule has 0 amide bonds. The van der Waals surface area contributed by atoms with Crippen LogP contribution >= 0.6 is 11.8 Å². The Morgan fingerprint density at radius 2 is 1.96 bits per heavy atom. The van der Waals surface area contributed by atoms with Crippen LogP contribution in [0.3, 0.4) is 0 Å². The summed E-state index contributed by atoms with van der Waals surface area (Å²) in [5.41, 5.74) is 4.27. The zero-order chi connectivity index (χ0) is 17.3. The molecule has 1 heterocycles. The van der Waals surface area contributed by atoms with Gasteiger partial charge in [0.15, 0.2) is 5.17 Å². The maximum atomic E-state index is 9.20. The van der Waals surface area contributed by atoms with E-state index in [1.54, 1.807) is 0 Å². The van der Waals surface area contributed by atoms with E-state index in [0.29, 0.717) is 11.5 Å². The van der Waals surface area contributed by atoms with Crippen LogP contribution in [0.2, 0.25) is 0 Å². The van der Waals surface area contributed by atoms with Crippen molar-refractivity contribution in [3.05, 3.63) is 28.8 Å². The summed E-state index contributed by atoms with van der Waals surface area (Å²) in [6, 6.07) is 6.17. The van der Waals surface area contributed by atoms with E-state index in [-0.39, 0.29) is 0 Å². The van der Waals surface area contributed by atoms with Crippen LogP contribution in [0.4, 0.5) is 5.69 Å². The smallest absolute Gasteiger partial charge is 0.164 e. The Morgan fingerprint density at radius 3 is 2.58 bits per heavy atom. The fourth-order valence-corrected chi connectivity index (χ4v) is 5.32. The van der Waals surface area contributed by atoms with E-state index < -0.39 is 0 Å². The Kier molecular flexibility index (Phi) is 4.92. The lowest BCUT2D eigenvalue weighted by Gasteiger charge is -2.37. The second-order valence-corrected chi connectivity index (χ2v) is 8.56. The Labute approximate surface area is 150 Å². The van der Waals surface area contributed by atoms with E-state index in [9.17, 15) is 5.26 Å². The topological polar surface area (TPSA) is 39.4 Å². The lowest BCUT2D eigenvalue weighted by Crippen LogP contribution is -2.46. The highest BCUT2D eigenvalue weighted by molar-refractivity contribution is 8.14. The van der Waals surface area contributed by atoms with E-state index in [0.717, 1.165) is 28.9 Å². The number of rotatable bonds is 3. The van der Waals surface area contributed by atoms with Crippen molar-refractivity contribution in [2.75, 3.05) is 12.3 Å². The van der Waals surface area contributed by atoms with Gasteiger partial charge in [0.1, 0.15) is 0 Å². The molecule has 0 N–H and O–H groups in total. The molecular weight excluding hydrogens is 314 g/mol. The quantitative estimate of drug-likeness (QED) is 0.760. The minimum Gasteiger partial charge on any atom is -0.344 e. The second-order valence-electron chi connectivity index (χ2n) is 7.61. The monoisotopic (exact) mass is 341 g/mol. The highest BCUT2D eigenvalue weighted by atomic mass is 32.2. The highest BCUT2D eigenvalue weighted by Gasteiger charge is 2.46. The summed E-state index contributed by atoms with van der Waals surface area (Å²) in [5.74, 6) is 1.81. The third-order valence-electron chi connectivity index (χ3n) is 5.45. The van der Waals surface area contributed by atoms with Crippen LogP contribution in [0, 0.1) is 31.1 Å². The molecule has 1 aliphatic heterocycles. The van der Waals surface area contributed by atoms with E-state index >= 15 is 0 Å². The molecule has 24 heavy (non-hydrogen) atoms. The molecule has 1 saturated heterocycles. The predicted octanol–water partition coefficient (Wildman–Crippen LogP) is 5.18. The van der Waals surface area contributed by atoms with Crippen molar-refractivity contribution in [2.45, 2.75) is 58.9 Å². The number of hydrogen-bond acceptors (Lipinski definition) is 3. The first-order valence-corrected chi connectivity index (χ1v) is 9.95. The van der Waals surface area contributed by atoms with Crippen molar-refractivity contribution < 1.29 is 0 Å². The molecule has 1 saturated carbocycles. The van der Waals surface area contributed by atoms with Crippen LogP contribution in [-0.4, -0.2) is 27.9 Å². The van der Waals surface area contributed by atoms with Gasteiger partial charge in [-0.2, -0.15) is 5.26 Å². The summed E-state index contributed by atoms with van der Waals surface area (Å²) >= 11 is 1.92.